The van der Waals surface area contributed by atoms with Crippen LogP contribution in [0.5, 0.6) is 11.5 Å². The Morgan fingerprint density at radius 3 is 1.45 bits per heavy atom. The van der Waals surface area contributed by atoms with Crippen LogP contribution in [0.25, 0.3) is 33.4 Å². The molecule has 2 N–H and O–H groups in total. The molecule has 6 heterocycles. The quantitative estimate of drug-likeness (QED) is 0.0862. The highest BCUT2D eigenvalue weighted by molar-refractivity contribution is 5.89. The molecule has 4 saturated heterocycles. The molecule has 18 nitrogen and oxygen atoms in total. The van der Waals surface area contributed by atoms with E-state index in [2.05, 4.69) is 19.9 Å². The molecule has 0 spiro atoms. The number of hydrogen-bond donors (Lipinski definition) is 2. The number of aromatic carboxylic acids is 1. The van der Waals surface area contributed by atoms with Crippen molar-refractivity contribution in [2.45, 2.75) is 109 Å². The summed E-state index contributed by atoms with van der Waals surface area (Å²) in [5, 5.41) is 18.8. The Balaban J connectivity index is 0.000000192. The summed E-state index contributed by atoms with van der Waals surface area (Å²) in [5.41, 5.74) is 4.73. The molecule has 12 rings (SSSR count). The zero-order valence-corrected chi connectivity index (χ0v) is 51.2. The molecular formula is C66H60F10N8O10. The lowest BCUT2D eigenvalue weighted by atomic mass is 9.94. The van der Waals surface area contributed by atoms with Crippen LogP contribution in [0.15, 0.2) is 103 Å². The largest absolute Gasteiger partial charge is 0.496 e. The Bertz CT molecular complexity index is 4160. The van der Waals surface area contributed by atoms with Crippen LogP contribution in [0.1, 0.15) is 105 Å². The minimum atomic E-state index is -4.60. The Labute approximate surface area is 530 Å². The van der Waals surface area contributed by atoms with E-state index in [0.29, 0.717) is 62.4 Å². The molecule has 0 bridgehead atoms. The number of ether oxygens (including phenoxy) is 4. The third-order valence-electron chi connectivity index (χ3n) is 17.2. The van der Waals surface area contributed by atoms with Crippen molar-refractivity contribution in [2.75, 3.05) is 50.2 Å². The van der Waals surface area contributed by atoms with E-state index in [0.717, 1.165) is 35.4 Å². The molecule has 1 unspecified atom stereocenters. The maximum atomic E-state index is 13.8. The second-order valence-electron chi connectivity index (χ2n) is 24.1. The van der Waals surface area contributed by atoms with Gasteiger partial charge < -0.3 is 39.0 Å². The van der Waals surface area contributed by atoms with Gasteiger partial charge in [0.25, 0.3) is 11.8 Å². The van der Waals surface area contributed by atoms with Gasteiger partial charge in [-0.05, 0) is 141 Å². The number of alkyl halides is 10. The van der Waals surface area contributed by atoms with Crippen LogP contribution in [0, 0.1) is 26.7 Å². The Morgan fingerprint density at radius 1 is 0.585 bits per heavy atom. The van der Waals surface area contributed by atoms with Gasteiger partial charge in [-0.25, -0.2) is 51.9 Å². The molecule has 28 heteroatoms. The first-order valence-electron chi connectivity index (χ1n) is 29.4. The van der Waals surface area contributed by atoms with Crippen molar-refractivity contribution >= 4 is 36.0 Å². The number of aliphatic carboxylic acids is 1. The van der Waals surface area contributed by atoms with E-state index in [4.69, 9.17) is 18.9 Å². The first kappa shape index (κ1) is 65.7. The van der Waals surface area contributed by atoms with E-state index in [1.165, 1.54) is 78.3 Å². The fourth-order valence-electron chi connectivity index (χ4n) is 12.2. The van der Waals surface area contributed by atoms with Gasteiger partial charge in [-0.1, -0.05) is 41.5 Å². The van der Waals surface area contributed by atoms with Crippen LogP contribution < -0.4 is 19.3 Å². The van der Waals surface area contributed by atoms with Crippen molar-refractivity contribution < 1.29 is 92.2 Å². The number of nitrogens with zero attached hydrogens (tertiary/aromatic N) is 8. The molecule has 1 saturated carbocycles. The number of amides is 2. The normalized spacial score (nSPS) is 21.2. The number of carboxylic acids is 2. The molecule has 5 fully saturated rings. The van der Waals surface area contributed by atoms with Gasteiger partial charge in [0.2, 0.25) is 11.9 Å². The summed E-state index contributed by atoms with van der Waals surface area (Å²) in [6, 6.07) is 20.8. The van der Waals surface area contributed by atoms with Gasteiger partial charge in [-0.15, -0.1) is 0 Å². The molecule has 494 valence electrons. The number of rotatable bonds is 16. The van der Waals surface area contributed by atoms with E-state index < -0.39 is 116 Å². The summed E-state index contributed by atoms with van der Waals surface area (Å²) in [5.74, 6) is -7.63. The molecule has 5 aromatic carbocycles. The van der Waals surface area contributed by atoms with Gasteiger partial charge in [0.1, 0.15) is 23.7 Å². The summed E-state index contributed by atoms with van der Waals surface area (Å²) >= 11 is 0. The van der Waals surface area contributed by atoms with Gasteiger partial charge in [-0.3, -0.25) is 14.6 Å². The van der Waals surface area contributed by atoms with E-state index in [-0.39, 0.29) is 59.0 Å². The number of carboxylic acid groups (broad SMARTS) is 2. The Morgan fingerprint density at radius 2 is 1.04 bits per heavy atom. The molecule has 0 radical (unpaired) electrons. The predicted molar refractivity (Wildman–Crippen MR) is 319 cm³/mol. The maximum Gasteiger partial charge on any atom is 0.416 e. The fourth-order valence-corrected chi connectivity index (χ4v) is 12.2. The third-order valence-corrected chi connectivity index (χ3v) is 17.2. The monoisotopic (exact) mass is 1310 g/mol. The maximum absolute atomic E-state index is 13.8. The second-order valence-corrected chi connectivity index (χ2v) is 24.1. The molecule has 1 aliphatic carbocycles. The average molecular weight is 1320 g/mol. The lowest BCUT2D eigenvalue weighted by Gasteiger charge is -2.38. The van der Waals surface area contributed by atoms with Gasteiger partial charge in [0.15, 0.2) is 0 Å². The van der Waals surface area contributed by atoms with E-state index >= 15 is 0 Å². The van der Waals surface area contributed by atoms with E-state index in [1.54, 1.807) is 69.3 Å². The molecule has 94 heavy (non-hydrogen) atoms. The summed E-state index contributed by atoms with van der Waals surface area (Å²) in [6.45, 7) is 5.40. The Hall–Kier alpha value is -9.76. The van der Waals surface area contributed by atoms with Gasteiger partial charge in [0.05, 0.1) is 99.6 Å². The Kier molecular flexibility index (Phi) is 17.2. The average Bonchev–Trinajstić information content (AvgIpc) is 1.25. The number of aryl methyl sites for hydroxylation is 3. The van der Waals surface area contributed by atoms with Crippen molar-refractivity contribution in [3.63, 3.8) is 0 Å². The van der Waals surface area contributed by atoms with Crippen molar-refractivity contribution in [3.05, 3.63) is 165 Å². The minimum absolute atomic E-state index is 0.0187. The lowest BCUT2D eigenvalue weighted by Crippen LogP contribution is -2.57. The van der Waals surface area contributed by atoms with Crippen molar-refractivity contribution in [1.29, 1.82) is 0 Å². The third kappa shape index (κ3) is 13.4. The standard InChI is InChI=1S/C35H31F5N4O5.C31H29F5N4O5/c1-18-9-23(12-24(10-18)35(38,39)40)30-20(3)44(33(47)49-30)15-28-27(14-41-32(42-28)43-16-34(36,37)17-43)26-13-21(6-8-29(26)48-4)25-7-5-22(31(45)46)11-19(25)2;1-15-6-18(8-19(7-15)31(34,35)36)26-16(2)40(29(43)45-26)12-24-23(11-37-28(38-24)39-13-30(32,33)14-39)21-9-17(4-5-25(21)44-3)20-10-22(20)27(41)42/h5-14,20,30H,15-17H2,1-4H3,(H,45,46);4-9,11,16,20,22,26H,10,12-14H2,1-3H3,(H,41,42)/t20-,30-;16-,20?,22+,26-/m00/s1. The van der Waals surface area contributed by atoms with Gasteiger partial charge in [0, 0.05) is 34.6 Å². The molecule has 6 atom stereocenters. The number of carbonyl (C=O) groups is 4. The van der Waals surface area contributed by atoms with Crippen LogP contribution in [0.2, 0.25) is 0 Å². The van der Waals surface area contributed by atoms with Crippen molar-refractivity contribution in [3.8, 4) is 44.9 Å². The molecule has 5 aliphatic rings. The van der Waals surface area contributed by atoms with Gasteiger partial charge in [-0.2, -0.15) is 26.3 Å². The minimum Gasteiger partial charge on any atom is -0.496 e. The number of halogens is 10. The van der Waals surface area contributed by atoms with Crippen molar-refractivity contribution in [1.82, 2.24) is 29.7 Å². The molecular weight excluding hydrogens is 1250 g/mol. The molecule has 7 aromatic rings. The van der Waals surface area contributed by atoms with E-state index in [1.807, 2.05) is 0 Å². The summed E-state index contributed by atoms with van der Waals surface area (Å²) in [6.07, 6.45) is -9.44. The lowest BCUT2D eigenvalue weighted by molar-refractivity contribution is -0.139. The second kappa shape index (κ2) is 24.6. The highest BCUT2D eigenvalue weighted by Gasteiger charge is 2.49. The summed E-state index contributed by atoms with van der Waals surface area (Å²) < 4.78 is 159. The number of carbonyl (C=O) groups excluding carboxylic acids is 2. The number of benzene rings is 5. The first-order valence-corrected chi connectivity index (χ1v) is 29.4. The number of aromatic nitrogens is 4. The molecule has 4 aliphatic heterocycles. The number of methoxy groups -OCH3 is 2. The van der Waals surface area contributed by atoms with Crippen LogP contribution in [-0.2, 0) is 39.7 Å². The SMILES string of the molecule is COc1ccc(-c2ccc(C(=O)O)cc2C)cc1-c1cnc(N2CC(F)(F)C2)nc1CN1C(=O)O[C@H](c2cc(C)cc(C(F)(F)F)c2)[C@@H]1C.COc1ccc(C2C[C@H]2C(=O)O)cc1-c1cnc(N2CC(F)(F)C2)nc1CN1C(=O)O[C@H](c2cc(C)cc(C(F)(F)F)c2)[C@@H]1C. The first-order chi connectivity index (χ1) is 44.2. The van der Waals surface area contributed by atoms with E-state index in [9.17, 15) is 73.3 Å². The highest BCUT2D eigenvalue weighted by atomic mass is 19.4. The molecule has 2 amide bonds. The smallest absolute Gasteiger partial charge is 0.416 e. The van der Waals surface area contributed by atoms with Crippen molar-refractivity contribution in [2.24, 2.45) is 5.92 Å². The number of anilines is 2. The molecule has 2 aromatic heterocycles. The highest BCUT2D eigenvalue weighted by Crippen LogP contribution is 2.50. The summed E-state index contributed by atoms with van der Waals surface area (Å²) in [7, 11) is 2.91. The fraction of sp³-hybridized carbons (Fsp3) is 0.364. The van der Waals surface area contributed by atoms with Gasteiger partial charge >= 0.3 is 36.5 Å². The number of hydrogen-bond acceptors (Lipinski definition) is 14. The topological polar surface area (TPSA) is 210 Å². The summed E-state index contributed by atoms with van der Waals surface area (Å²) in [4.78, 5) is 72.6. The van der Waals surface area contributed by atoms with Crippen LogP contribution in [0.4, 0.5) is 65.4 Å². The van der Waals surface area contributed by atoms with Crippen LogP contribution in [0.3, 0.4) is 0 Å². The zero-order chi connectivity index (χ0) is 67.8. The van der Waals surface area contributed by atoms with Crippen LogP contribution >= 0.6 is 0 Å². The van der Waals surface area contributed by atoms with Crippen LogP contribution in [-0.4, -0.2) is 128 Å². The predicted octanol–water partition coefficient (Wildman–Crippen LogP) is 13.9. The number of cyclic esters (lactones) is 2. The zero-order valence-electron chi connectivity index (χ0n) is 51.2.